The second-order valence-electron chi connectivity index (χ2n) is 3.55. The van der Waals surface area contributed by atoms with Crippen molar-refractivity contribution in [1.29, 1.82) is 0 Å². The Morgan fingerprint density at radius 3 is 2.53 bits per heavy atom. The van der Waals surface area contributed by atoms with Crippen LogP contribution in [0.25, 0.3) is 11.3 Å². The molecule has 2 rings (SSSR count). The van der Waals surface area contributed by atoms with Gasteiger partial charge in [-0.2, -0.15) is 0 Å². The number of carbonyl (C=O) groups is 1. The Kier molecular flexibility index (Phi) is 3.57. The molecular formula is C13H13NO3. The van der Waals surface area contributed by atoms with E-state index in [0.717, 1.165) is 11.3 Å². The van der Waals surface area contributed by atoms with Crippen LogP contribution in [0.5, 0.6) is 0 Å². The van der Waals surface area contributed by atoms with Crippen molar-refractivity contribution in [3.8, 4) is 11.3 Å². The molecule has 4 heteroatoms. The molecule has 0 radical (unpaired) electrons. The molecule has 17 heavy (non-hydrogen) atoms. The molecule has 1 aromatic heterocycles. The molecular weight excluding hydrogens is 218 g/mol. The molecule has 0 spiro atoms. The lowest BCUT2D eigenvalue weighted by molar-refractivity contribution is 0.110. The Morgan fingerprint density at radius 1 is 1.18 bits per heavy atom. The summed E-state index contributed by atoms with van der Waals surface area (Å²) in [6, 6.07) is 11.0. The van der Waals surface area contributed by atoms with Crippen LogP contribution in [0.2, 0.25) is 0 Å². The molecule has 4 nitrogen and oxygen atoms in total. The van der Waals surface area contributed by atoms with Crippen LogP contribution in [0.15, 0.2) is 40.8 Å². The van der Waals surface area contributed by atoms with Crippen LogP contribution < -0.4 is 5.32 Å². The molecule has 0 atom stereocenters. The Bertz CT molecular complexity index is 488. The molecule has 0 unspecified atom stereocenters. The van der Waals surface area contributed by atoms with Crippen molar-refractivity contribution < 1.29 is 14.3 Å². The standard InChI is InChI=1S/C13H13NO3/c15-8-7-14-11-3-1-10(2-4-11)13-6-5-12(9-16)17-13/h1-6,9,14-15H,7-8H2. The highest BCUT2D eigenvalue weighted by Crippen LogP contribution is 2.23. The number of benzene rings is 1. The molecule has 0 fully saturated rings. The van der Waals surface area contributed by atoms with Gasteiger partial charge in [0.05, 0.1) is 6.61 Å². The van der Waals surface area contributed by atoms with Crippen molar-refractivity contribution in [2.45, 2.75) is 0 Å². The number of carbonyl (C=O) groups excluding carboxylic acids is 1. The summed E-state index contributed by atoms with van der Waals surface area (Å²) in [5.74, 6) is 0.989. The van der Waals surface area contributed by atoms with E-state index in [1.54, 1.807) is 12.1 Å². The normalized spacial score (nSPS) is 10.2. The van der Waals surface area contributed by atoms with Gasteiger partial charge in [0, 0.05) is 17.8 Å². The minimum absolute atomic E-state index is 0.0998. The first-order valence-corrected chi connectivity index (χ1v) is 5.33. The average molecular weight is 231 g/mol. The van der Waals surface area contributed by atoms with Crippen molar-refractivity contribution >= 4 is 12.0 Å². The van der Waals surface area contributed by atoms with Gasteiger partial charge in [-0.1, -0.05) is 0 Å². The van der Waals surface area contributed by atoms with Gasteiger partial charge in [-0.3, -0.25) is 4.79 Å². The number of hydrogen-bond acceptors (Lipinski definition) is 4. The summed E-state index contributed by atoms with van der Waals surface area (Å²) in [4.78, 5) is 10.5. The average Bonchev–Trinajstić information content (AvgIpc) is 2.86. The van der Waals surface area contributed by atoms with Crippen molar-refractivity contribution in [2.24, 2.45) is 0 Å². The van der Waals surface area contributed by atoms with Gasteiger partial charge in [0.25, 0.3) is 0 Å². The highest BCUT2D eigenvalue weighted by atomic mass is 16.3. The van der Waals surface area contributed by atoms with E-state index in [-0.39, 0.29) is 6.61 Å². The monoisotopic (exact) mass is 231 g/mol. The molecule has 0 amide bonds. The third-order valence-electron chi connectivity index (χ3n) is 2.35. The van der Waals surface area contributed by atoms with E-state index in [4.69, 9.17) is 9.52 Å². The summed E-state index contributed by atoms with van der Waals surface area (Å²) in [5.41, 5.74) is 1.85. The number of nitrogens with one attached hydrogen (secondary N) is 1. The summed E-state index contributed by atoms with van der Waals surface area (Å²) in [7, 11) is 0. The second-order valence-corrected chi connectivity index (χ2v) is 3.55. The summed E-state index contributed by atoms with van der Waals surface area (Å²) in [6.07, 6.45) is 0.681. The molecule has 0 aliphatic heterocycles. The number of aldehydes is 1. The highest BCUT2D eigenvalue weighted by Gasteiger charge is 2.03. The summed E-state index contributed by atoms with van der Waals surface area (Å²) >= 11 is 0. The zero-order chi connectivity index (χ0) is 12.1. The minimum Gasteiger partial charge on any atom is -0.453 e. The lowest BCUT2D eigenvalue weighted by Crippen LogP contribution is -2.04. The minimum atomic E-state index is 0.0998. The van der Waals surface area contributed by atoms with Gasteiger partial charge in [0.15, 0.2) is 12.0 Å². The highest BCUT2D eigenvalue weighted by molar-refractivity contribution is 5.73. The Hall–Kier alpha value is -2.07. The van der Waals surface area contributed by atoms with Gasteiger partial charge in [-0.05, 0) is 36.4 Å². The van der Waals surface area contributed by atoms with Gasteiger partial charge in [-0.15, -0.1) is 0 Å². The SMILES string of the molecule is O=Cc1ccc(-c2ccc(NCCO)cc2)o1. The number of rotatable bonds is 5. The Labute approximate surface area is 98.9 Å². The maximum Gasteiger partial charge on any atom is 0.185 e. The molecule has 2 aromatic rings. The van der Waals surface area contributed by atoms with Crippen LogP contribution in [0, 0.1) is 0 Å². The number of hydrogen-bond donors (Lipinski definition) is 2. The van der Waals surface area contributed by atoms with Crippen LogP contribution in [-0.4, -0.2) is 24.5 Å². The molecule has 0 aliphatic carbocycles. The van der Waals surface area contributed by atoms with Gasteiger partial charge < -0.3 is 14.8 Å². The first-order valence-electron chi connectivity index (χ1n) is 5.33. The fourth-order valence-corrected chi connectivity index (χ4v) is 1.52. The molecule has 1 heterocycles. The quantitative estimate of drug-likeness (QED) is 0.774. The number of furan rings is 1. The van der Waals surface area contributed by atoms with Crippen molar-refractivity contribution in [2.75, 3.05) is 18.5 Å². The molecule has 88 valence electrons. The lowest BCUT2D eigenvalue weighted by Gasteiger charge is -2.04. The van der Waals surface area contributed by atoms with Crippen LogP contribution in [0.4, 0.5) is 5.69 Å². The van der Waals surface area contributed by atoms with Crippen LogP contribution in [0.1, 0.15) is 10.6 Å². The van der Waals surface area contributed by atoms with Crippen molar-refractivity contribution in [1.82, 2.24) is 0 Å². The second kappa shape index (κ2) is 5.32. The maximum atomic E-state index is 10.5. The third-order valence-corrected chi connectivity index (χ3v) is 2.35. The molecule has 1 aromatic carbocycles. The first-order chi connectivity index (χ1) is 8.33. The van der Waals surface area contributed by atoms with E-state index in [0.29, 0.717) is 24.4 Å². The van der Waals surface area contributed by atoms with Gasteiger partial charge in [0.2, 0.25) is 0 Å². The van der Waals surface area contributed by atoms with E-state index in [9.17, 15) is 4.79 Å². The van der Waals surface area contributed by atoms with E-state index < -0.39 is 0 Å². The van der Waals surface area contributed by atoms with E-state index in [1.807, 2.05) is 24.3 Å². The molecule has 0 saturated carbocycles. The summed E-state index contributed by atoms with van der Waals surface area (Å²) in [5, 5.41) is 11.7. The van der Waals surface area contributed by atoms with Crippen LogP contribution in [0.3, 0.4) is 0 Å². The fourth-order valence-electron chi connectivity index (χ4n) is 1.52. The Balaban J connectivity index is 2.14. The summed E-state index contributed by atoms with van der Waals surface area (Å²) < 4.78 is 5.31. The Morgan fingerprint density at radius 2 is 1.94 bits per heavy atom. The zero-order valence-corrected chi connectivity index (χ0v) is 9.22. The predicted octanol–water partition coefficient (Wildman–Crippen LogP) is 2.16. The van der Waals surface area contributed by atoms with Crippen LogP contribution >= 0.6 is 0 Å². The van der Waals surface area contributed by atoms with Gasteiger partial charge in [-0.25, -0.2) is 0 Å². The van der Waals surface area contributed by atoms with Gasteiger partial charge in [0.1, 0.15) is 5.76 Å². The summed E-state index contributed by atoms with van der Waals surface area (Å²) in [6.45, 7) is 0.623. The molecule has 0 bridgehead atoms. The van der Waals surface area contributed by atoms with E-state index in [2.05, 4.69) is 5.32 Å². The number of anilines is 1. The smallest absolute Gasteiger partial charge is 0.185 e. The first kappa shape index (κ1) is 11.4. The van der Waals surface area contributed by atoms with E-state index in [1.165, 1.54) is 0 Å². The number of aliphatic hydroxyl groups excluding tert-OH is 1. The van der Waals surface area contributed by atoms with Gasteiger partial charge >= 0.3 is 0 Å². The largest absolute Gasteiger partial charge is 0.453 e. The fraction of sp³-hybridized carbons (Fsp3) is 0.154. The predicted molar refractivity (Wildman–Crippen MR) is 65.1 cm³/mol. The van der Waals surface area contributed by atoms with Crippen LogP contribution in [-0.2, 0) is 0 Å². The molecule has 0 aliphatic rings. The topological polar surface area (TPSA) is 62.5 Å². The molecule has 2 N–H and O–H groups in total. The molecule has 0 saturated heterocycles. The van der Waals surface area contributed by atoms with Crippen molar-refractivity contribution in [3.05, 3.63) is 42.2 Å². The third kappa shape index (κ3) is 2.73. The lowest BCUT2D eigenvalue weighted by atomic mass is 10.1. The number of aliphatic hydroxyl groups is 1. The zero-order valence-electron chi connectivity index (χ0n) is 9.22. The maximum absolute atomic E-state index is 10.5. The van der Waals surface area contributed by atoms with E-state index >= 15 is 0 Å². The van der Waals surface area contributed by atoms with Crippen molar-refractivity contribution in [3.63, 3.8) is 0 Å².